The maximum Gasteiger partial charge on any atom is 0.337 e. The summed E-state index contributed by atoms with van der Waals surface area (Å²) in [6.07, 6.45) is 3.21. The number of ether oxygens (including phenoxy) is 1. The second-order valence-corrected chi connectivity index (χ2v) is 5.12. The fourth-order valence-corrected chi connectivity index (χ4v) is 2.39. The molecule has 0 aromatic heterocycles. The van der Waals surface area contributed by atoms with Crippen LogP contribution in [-0.4, -0.2) is 43.7 Å². The number of methoxy groups -OCH3 is 1. The first kappa shape index (κ1) is 14.0. The van der Waals surface area contributed by atoms with Crippen LogP contribution in [0.15, 0.2) is 24.3 Å². The number of nitrogens with two attached hydrogens (primary N) is 1. The van der Waals surface area contributed by atoms with Crippen molar-refractivity contribution in [1.82, 2.24) is 4.90 Å². The van der Waals surface area contributed by atoms with Gasteiger partial charge in [0.15, 0.2) is 0 Å². The van der Waals surface area contributed by atoms with E-state index in [0.717, 1.165) is 38.9 Å². The van der Waals surface area contributed by atoms with E-state index < -0.39 is 0 Å². The Hall–Kier alpha value is -1.39. The quantitative estimate of drug-likeness (QED) is 0.834. The van der Waals surface area contributed by atoms with Gasteiger partial charge < -0.3 is 15.4 Å². The van der Waals surface area contributed by atoms with Gasteiger partial charge in [-0.3, -0.25) is 0 Å². The molecule has 1 fully saturated rings. The summed E-state index contributed by atoms with van der Waals surface area (Å²) in [7, 11) is 1.40. The van der Waals surface area contributed by atoms with Crippen molar-refractivity contribution in [3.8, 4) is 0 Å². The van der Waals surface area contributed by atoms with Crippen LogP contribution in [0, 0.1) is 0 Å². The first-order valence-corrected chi connectivity index (χ1v) is 6.84. The number of benzene rings is 1. The molecule has 1 saturated heterocycles. The van der Waals surface area contributed by atoms with Gasteiger partial charge in [0.25, 0.3) is 0 Å². The number of rotatable bonds is 4. The SMILES string of the molecule is COC(=O)c1ccc(CCN2CCC(N)CC2)cc1. The summed E-state index contributed by atoms with van der Waals surface area (Å²) in [6.45, 7) is 3.26. The standard InChI is InChI=1S/C15H22N2O2/c1-19-15(18)13-4-2-12(3-5-13)6-9-17-10-7-14(16)8-11-17/h2-5,14H,6-11,16H2,1H3. The van der Waals surface area contributed by atoms with E-state index in [-0.39, 0.29) is 5.97 Å². The van der Waals surface area contributed by atoms with Crippen LogP contribution < -0.4 is 5.73 Å². The van der Waals surface area contributed by atoms with Crippen molar-refractivity contribution < 1.29 is 9.53 Å². The summed E-state index contributed by atoms with van der Waals surface area (Å²) in [4.78, 5) is 13.8. The average molecular weight is 262 g/mol. The minimum atomic E-state index is -0.281. The molecule has 0 radical (unpaired) electrons. The Morgan fingerprint density at radius 1 is 1.32 bits per heavy atom. The molecule has 104 valence electrons. The van der Waals surface area contributed by atoms with Crippen LogP contribution in [-0.2, 0) is 11.2 Å². The number of piperidine rings is 1. The van der Waals surface area contributed by atoms with Crippen LogP contribution >= 0.6 is 0 Å². The van der Waals surface area contributed by atoms with Crippen molar-refractivity contribution in [2.45, 2.75) is 25.3 Å². The molecule has 19 heavy (non-hydrogen) atoms. The molecule has 4 nitrogen and oxygen atoms in total. The molecule has 2 N–H and O–H groups in total. The highest BCUT2D eigenvalue weighted by atomic mass is 16.5. The minimum Gasteiger partial charge on any atom is -0.465 e. The Labute approximate surface area is 114 Å². The lowest BCUT2D eigenvalue weighted by Crippen LogP contribution is -2.40. The minimum absolute atomic E-state index is 0.281. The number of carbonyl (C=O) groups excluding carboxylic acids is 1. The summed E-state index contributed by atoms with van der Waals surface area (Å²) >= 11 is 0. The lowest BCUT2D eigenvalue weighted by molar-refractivity contribution is 0.0600. The van der Waals surface area contributed by atoms with Gasteiger partial charge in [-0.1, -0.05) is 12.1 Å². The summed E-state index contributed by atoms with van der Waals surface area (Å²) in [5.74, 6) is -0.281. The lowest BCUT2D eigenvalue weighted by Gasteiger charge is -2.29. The van der Waals surface area contributed by atoms with Gasteiger partial charge in [0.05, 0.1) is 12.7 Å². The molecule has 1 aliphatic rings. The van der Waals surface area contributed by atoms with Gasteiger partial charge >= 0.3 is 5.97 Å². The summed E-state index contributed by atoms with van der Waals surface area (Å²) in [5.41, 5.74) is 7.75. The molecule has 1 aliphatic heterocycles. The molecule has 0 atom stereocenters. The Kier molecular flexibility index (Phi) is 4.93. The predicted octanol–water partition coefficient (Wildman–Crippen LogP) is 1.44. The molecular formula is C15H22N2O2. The third-order valence-electron chi connectivity index (χ3n) is 3.72. The second-order valence-electron chi connectivity index (χ2n) is 5.12. The Morgan fingerprint density at radius 2 is 1.95 bits per heavy atom. The van der Waals surface area contributed by atoms with Crippen molar-refractivity contribution in [1.29, 1.82) is 0 Å². The van der Waals surface area contributed by atoms with Gasteiger partial charge in [-0.2, -0.15) is 0 Å². The van der Waals surface area contributed by atoms with Crippen LogP contribution in [0.4, 0.5) is 0 Å². The van der Waals surface area contributed by atoms with Crippen LogP contribution in [0.25, 0.3) is 0 Å². The zero-order valence-electron chi connectivity index (χ0n) is 11.5. The molecule has 0 spiro atoms. The second kappa shape index (κ2) is 6.68. The fourth-order valence-electron chi connectivity index (χ4n) is 2.39. The van der Waals surface area contributed by atoms with Gasteiger partial charge in [0.1, 0.15) is 0 Å². The first-order valence-electron chi connectivity index (χ1n) is 6.84. The summed E-state index contributed by atoms with van der Waals surface area (Å²) < 4.78 is 4.68. The topological polar surface area (TPSA) is 55.6 Å². The van der Waals surface area contributed by atoms with E-state index >= 15 is 0 Å². The third-order valence-corrected chi connectivity index (χ3v) is 3.72. The maximum absolute atomic E-state index is 11.3. The number of nitrogens with zero attached hydrogens (tertiary/aromatic N) is 1. The fraction of sp³-hybridized carbons (Fsp3) is 0.533. The average Bonchev–Trinajstić information content (AvgIpc) is 2.46. The van der Waals surface area contributed by atoms with Crippen molar-refractivity contribution in [2.75, 3.05) is 26.7 Å². The number of hydrogen-bond acceptors (Lipinski definition) is 4. The van der Waals surface area contributed by atoms with Gasteiger partial charge in [0, 0.05) is 12.6 Å². The summed E-state index contributed by atoms with van der Waals surface area (Å²) in [5, 5.41) is 0. The number of likely N-dealkylation sites (tertiary alicyclic amines) is 1. The molecule has 1 heterocycles. The Morgan fingerprint density at radius 3 is 2.53 bits per heavy atom. The van der Waals surface area contributed by atoms with Crippen LogP contribution in [0.1, 0.15) is 28.8 Å². The van der Waals surface area contributed by atoms with Crippen molar-refractivity contribution >= 4 is 5.97 Å². The predicted molar refractivity (Wildman–Crippen MR) is 75.1 cm³/mol. The number of hydrogen-bond donors (Lipinski definition) is 1. The molecule has 0 amide bonds. The molecule has 0 aliphatic carbocycles. The van der Waals surface area contributed by atoms with Crippen LogP contribution in [0.3, 0.4) is 0 Å². The van der Waals surface area contributed by atoms with E-state index in [0.29, 0.717) is 11.6 Å². The van der Waals surface area contributed by atoms with Crippen molar-refractivity contribution in [3.05, 3.63) is 35.4 Å². The van der Waals surface area contributed by atoms with Crippen LogP contribution in [0.2, 0.25) is 0 Å². The van der Waals surface area contributed by atoms with Gasteiger partial charge in [0.2, 0.25) is 0 Å². The monoisotopic (exact) mass is 262 g/mol. The first-order chi connectivity index (χ1) is 9.19. The molecule has 0 bridgehead atoms. The Bertz CT molecular complexity index is 409. The van der Waals surface area contributed by atoms with Gasteiger partial charge in [-0.15, -0.1) is 0 Å². The van der Waals surface area contributed by atoms with Crippen LogP contribution in [0.5, 0.6) is 0 Å². The molecule has 4 heteroatoms. The van der Waals surface area contributed by atoms with Gasteiger partial charge in [-0.05, 0) is 50.0 Å². The van der Waals surface area contributed by atoms with E-state index in [1.165, 1.54) is 12.7 Å². The highest BCUT2D eigenvalue weighted by molar-refractivity contribution is 5.89. The molecule has 0 saturated carbocycles. The van der Waals surface area contributed by atoms with Gasteiger partial charge in [-0.25, -0.2) is 4.79 Å². The highest BCUT2D eigenvalue weighted by Gasteiger charge is 2.15. The summed E-state index contributed by atoms with van der Waals surface area (Å²) in [6, 6.07) is 8.04. The largest absolute Gasteiger partial charge is 0.465 e. The number of esters is 1. The van der Waals surface area contributed by atoms with Crippen molar-refractivity contribution in [3.63, 3.8) is 0 Å². The third kappa shape index (κ3) is 4.04. The van der Waals surface area contributed by atoms with E-state index in [9.17, 15) is 4.79 Å². The molecular weight excluding hydrogens is 240 g/mol. The molecule has 1 aromatic carbocycles. The van der Waals surface area contributed by atoms with Crippen molar-refractivity contribution in [2.24, 2.45) is 5.73 Å². The van der Waals surface area contributed by atoms with E-state index in [1.54, 1.807) is 0 Å². The molecule has 0 unspecified atom stereocenters. The van der Waals surface area contributed by atoms with E-state index in [2.05, 4.69) is 9.64 Å². The number of carbonyl (C=O) groups is 1. The van der Waals surface area contributed by atoms with E-state index in [1.807, 2.05) is 24.3 Å². The lowest BCUT2D eigenvalue weighted by atomic mass is 10.0. The normalized spacial score (nSPS) is 17.4. The smallest absolute Gasteiger partial charge is 0.337 e. The molecule has 2 rings (SSSR count). The molecule has 1 aromatic rings. The zero-order chi connectivity index (χ0) is 13.7. The van der Waals surface area contributed by atoms with E-state index in [4.69, 9.17) is 5.73 Å². The maximum atomic E-state index is 11.3. The highest BCUT2D eigenvalue weighted by Crippen LogP contribution is 2.11. The Balaban J connectivity index is 1.81. The zero-order valence-corrected chi connectivity index (χ0v) is 11.5.